The topological polar surface area (TPSA) is 72.5 Å². The predicted molar refractivity (Wildman–Crippen MR) is 83.6 cm³/mol. The van der Waals surface area contributed by atoms with Gasteiger partial charge in [-0.2, -0.15) is 0 Å². The van der Waals surface area contributed by atoms with Crippen molar-refractivity contribution in [3.8, 4) is 5.75 Å². The Morgan fingerprint density at radius 3 is 2.67 bits per heavy atom. The molecule has 2 aromatic carbocycles. The van der Waals surface area contributed by atoms with Gasteiger partial charge in [0, 0.05) is 12.0 Å². The van der Waals surface area contributed by atoms with Gasteiger partial charge >= 0.3 is 5.97 Å². The Morgan fingerprint density at radius 1 is 1.29 bits per heavy atom. The zero-order chi connectivity index (χ0) is 15.4. The maximum Gasteiger partial charge on any atom is 0.320 e. The van der Waals surface area contributed by atoms with Crippen molar-refractivity contribution in [3.63, 3.8) is 0 Å². The van der Waals surface area contributed by atoms with Crippen LogP contribution in [0.5, 0.6) is 5.75 Å². The monoisotopic (exact) mass is 287 g/mol. The van der Waals surface area contributed by atoms with Gasteiger partial charge in [-0.1, -0.05) is 37.3 Å². The molecule has 0 aromatic heterocycles. The lowest BCUT2D eigenvalue weighted by Crippen LogP contribution is -2.32. The fourth-order valence-electron chi connectivity index (χ4n) is 2.24. The van der Waals surface area contributed by atoms with E-state index in [1.165, 1.54) is 0 Å². The number of carboxylic acids is 1. The maximum absolute atomic E-state index is 11.1. The minimum absolute atomic E-state index is 0.0750. The molecule has 0 fully saturated rings. The Labute approximate surface area is 124 Å². The van der Waals surface area contributed by atoms with E-state index in [1.54, 1.807) is 0 Å². The molecular formula is C17H21NO3. The fraction of sp³-hybridized carbons (Fsp3) is 0.353. The van der Waals surface area contributed by atoms with Gasteiger partial charge in [-0.25, -0.2) is 0 Å². The van der Waals surface area contributed by atoms with E-state index in [2.05, 4.69) is 0 Å². The molecule has 4 nitrogen and oxygen atoms in total. The molecule has 0 aliphatic carbocycles. The second-order valence-corrected chi connectivity index (χ2v) is 5.25. The molecule has 21 heavy (non-hydrogen) atoms. The summed E-state index contributed by atoms with van der Waals surface area (Å²) in [6.07, 6.45) is 1.21. The summed E-state index contributed by atoms with van der Waals surface area (Å²) in [4.78, 5) is 11.1. The summed E-state index contributed by atoms with van der Waals surface area (Å²) in [6.45, 7) is 4.05. The highest BCUT2D eigenvalue weighted by Gasteiger charge is 2.18. The van der Waals surface area contributed by atoms with E-state index >= 15 is 0 Å². The van der Waals surface area contributed by atoms with Gasteiger partial charge in [0.15, 0.2) is 0 Å². The first-order valence-electron chi connectivity index (χ1n) is 7.18. The molecular weight excluding hydrogens is 266 g/mol. The molecule has 112 valence electrons. The van der Waals surface area contributed by atoms with Crippen molar-refractivity contribution in [2.75, 3.05) is 0 Å². The fourth-order valence-corrected chi connectivity index (χ4v) is 2.24. The van der Waals surface area contributed by atoms with Crippen LogP contribution in [0.25, 0.3) is 10.8 Å². The summed E-state index contributed by atoms with van der Waals surface area (Å²) in [5.74, 6) is -0.280. The molecule has 0 radical (unpaired) electrons. The lowest BCUT2D eigenvalue weighted by Gasteiger charge is -2.19. The van der Waals surface area contributed by atoms with Gasteiger partial charge in [-0.3, -0.25) is 4.79 Å². The van der Waals surface area contributed by atoms with Crippen molar-refractivity contribution >= 4 is 16.7 Å². The average Bonchev–Trinajstić information content (AvgIpc) is 2.49. The SMILES string of the molecule is CCC(C)Oc1ccc2ccccc2c1CC(N)C(=O)O. The van der Waals surface area contributed by atoms with Gasteiger partial charge in [-0.05, 0) is 30.2 Å². The van der Waals surface area contributed by atoms with Gasteiger partial charge in [0.1, 0.15) is 11.8 Å². The smallest absolute Gasteiger partial charge is 0.320 e. The Kier molecular flexibility index (Phi) is 4.81. The van der Waals surface area contributed by atoms with Crippen LogP contribution in [0.2, 0.25) is 0 Å². The Balaban J connectivity index is 2.48. The van der Waals surface area contributed by atoms with Crippen LogP contribution in [-0.2, 0) is 11.2 Å². The van der Waals surface area contributed by atoms with Crippen molar-refractivity contribution in [1.82, 2.24) is 0 Å². The van der Waals surface area contributed by atoms with Crippen LogP contribution >= 0.6 is 0 Å². The second-order valence-electron chi connectivity index (χ2n) is 5.25. The van der Waals surface area contributed by atoms with Crippen molar-refractivity contribution in [2.24, 2.45) is 5.73 Å². The molecule has 0 bridgehead atoms. The largest absolute Gasteiger partial charge is 0.490 e. The molecule has 2 atom stereocenters. The van der Waals surface area contributed by atoms with Crippen LogP contribution in [-0.4, -0.2) is 23.2 Å². The average molecular weight is 287 g/mol. The summed E-state index contributed by atoms with van der Waals surface area (Å²) in [6, 6.07) is 10.8. The van der Waals surface area contributed by atoms with Crippen molar-refractivity contribution < 1.29 is 14.6 Å². The van der Waals surface area contributed by atoms with Crippen LogP contribution in [0.15, 0.2) is 36.4 Å². The molecule has 0 heterocycles. The molecule has 4 heteroatoms. The zero-order valence-electron chi connectivity index (χ0n) is 12.4. The van der Waals surface area contributed by atoms with Gasteiger partial charge in [-0.15, -0.1) is 0 Å². The van der Waals surface area contributed by atoms with E-state index in [9.17, 15) is 4.79 Å². The molecule has 0 aliphatic heterocycles. The molecule has 2 aromatic rings. The van der Waals surface area contributed by atoms with Gasteiger partial charge < -0.3 is 15.6 Å². The molecule has 2 unspecified atom stereocenters. The Morgan fingerprint density at radius 2 is 2.00 bits per heavy atom. The number of carboxylic acid groups (broad SMARTS) is 1. The summed E-state index contributed by atoms with van der Waals surface area (Å²) in [7, 11) is 0. The van der Waals surface area contributed by atoms with Crippen molar-refractivity contribution in [1.29, 1.82) is 0 Å². The third-order valence-electron chi connectivity index (χ3n) is 3.64. The number of nitrogens with two attached hydrogens (primary N) is 1. The lowest BCUT2D eigenvalue weighted by molar-refractivity contribution is -0.138. The summed E-state index contributed by atoms with van der Waals surface area (Å²) in [5, 5.41) is 11.1. The first kappa shape index (κ1) is 15.3. The molecule has 3 N–H and O–H groups in total. The summed E-state index contributed by atoms with van der Waals surface area (Å²) >= 11 is 0. The number of fused-ring (bicyclic) bond motifs is 1. The molecule has 0 saturated heterocycles. The van der Waals surface area contributed by atoms with Crippen LogP contribution in [0.1, 0.15) is 25.8 Å². The molecule has 0 aliphatic rings. The Hall–Kier alpha value is -2.07. The molecule has 2 rings (SSSR count). The Bertz CT molecular complexity index is 639. The van der Waals surface area contributed by atoms with E-state index in [1.807, 2.05) is 50.2 Å². The lowest BCUT2D eigenvalue weighted by atomic mass is 9.98. The number of ether oxygens (including phenoxy) is 1. The predicted octanol–water partition coefficient (Wildman–Crippen LogP) is 2.97. The summed E-state index contributed by atoms with van der Waals surface area (Å²) < 4.78 is 5.93. The minimum Gasteiger partial charge on any atom is -0.490 e. The van der Waals surface area contributed by atoms with Gasteiger partial charge in [0.2, 0.25) is 0 Å². The zero-order valence-corrected chi connectivity index (χ0v) is 12.4. The maximum atomic E-state index is 11.1. The first-order valence-corrected chi connectivity index (χ1v) is 7.18. The van der Waals surface area contributed by atoms with Crippen LogP contribution < -0.4 is 10.5 Å². The number of benzene rings is 2. The number of rotatable bonds is 6. The number of hydrogen-bond acceptors (Lipinski definition) is 3. The second kappa shape index (κ2) is 6.59. The minimum atomic E-state index is -1.00. The highest BCUT2D eigenvalue weighted by Crippen LogP contribution is 2.30. The van der Waals surface area contributed by atoms with Crippen LogP contribution in [0, 0.1) is 0 Å². The molecule has 0 spiro atoms. The van der Waals surface area contributed by atoms with Crippen molar-refractivity contribution in [3.05, 3.63) is 42.0 Å². The molecule has 0 amide bonds. The molecule has 0 saturated carbocycles. The van der Waals surface area contributed by atoms with E-state index in [0.29, 0.717) is 0 Å². The van der Waals surface area contributed by atoms with E-state index in [4.69, 9.17) is 15.6 Å². The highest BCUT2D eigenvalue weighted by molar-refractivity contribution is 5.88. The standard InChI is InChI=1S/C17H21NO3/c1-3-11(2)21-16-9-8-12-6-4-5-7-13(12)14(16)10-15(18)17(19)20/h4-9,11,15H,3,10,18H2,1-2H3,(H,19,20). The number of carbonyl (C=O) groups is 1. The quantitative estimate of drug-likeness (QED) is 0.856. The number of hydrogen-bond donors (Lipinski definition) is 2. The normalized spacial score (nSPS) is 13.9. The summed E-state index contributed by atoms with van der Waals surface area (Å²) in [5.41, 5.74) is 6.58. The first-order chi connectivity index (χ1) is 10.0. The van der Waals surface area contributed by atoms with Crippen molar-refractivity contribution in [2.45, 2.75) is 38.8 Å². The van der Waals surface area contributed by atoms with Gasteiger partial charge in [0.25, 0.3) is 0 Å². The third-order valence-corrected chi connectivity index (χ3v) is 3.64. The van der Waals surface area contributed by atoms with Gasteiger partial charge in [0.05, 0.1) is 6.10 Å². The van der Waals surface area contributed by atoms with E-state index < -0.39 is 12.0 Å². The van der Waals surface area contributed by atoms with E-state index in [-0.39, 0.29) is 12.5 Å². The van der Waals surface area contributed by atoms with E-state index in [0.717, 1.165) is 28.5 Å². The third kappa shape index (κ3) is 3.52. The number of aliphatic carboxylic acids is 1. The van der Waals surface area contributed by atoms with Crippen LogP contribution in [0.4, 0.5) is 0 Å². The van der Waals surface area contributed by atoms with Crippen LogP contribution in [0.3, 0.4) is 0 Å². The highest BCUT2D eigenvalue weighted by atomic mass is 16.5.